The molecule has 0 aromatic heterocycles. The first-order valence-electron chi connectivity index (χ1n) is 6.20. The number of carbonyl (C=O) groups excluding carboxylic acids is 2. The highest BCUT2D eigenvalue weighted by molar-refractivity contribution is 6.41. The molecule has 2 aromatic rings. The van der Waals surface area contributed by atoms with Crippen LogP contribution in [0.4, 0.5) is 5.69 Å². The number of fused-ring (bicyclic) bond motifs is 2. The van der Waals surface area contributed by atoms with Crippen molar-refractivity contribution in [3.8, 4) is 0 Å². The summed E-state index contributed by atoms with van der Waals surface area (Å²) in [6.07, 6.45) is 0. The summed E-state index contributed by atoms with van der Waals surface area (Å²) < 4.78 is 0. The van der Waals surface area contributed by atoms with Gasteiger partial charge in [0.15, 0.2) is 11.6 Å². The number of carbonyl (C=O) groups is 2. The van der Waals surface area contributed by atoms with Gasteiger partial charge in [-0.15, -0.1) is 0 Å². The van der Waals surface area contributed by atoms with Crippen molar-refractivity contribution in [3.05, 3.63) is 62.7 Å². The number of rotatable bonds is 0. The molecule has 0 fully saturated rings. The molecule has 1 aliphatic rings. The van der Waals surface area contributed by atoms with Gasteiger partial charge in [0.1, 0.15) is 0 Å². The number of halogens is 1. The van der Waals surface area contributed by atoms with Crippen LogP contribution in [0.5, 0.6) is 0 Å². The molecule has 0 unspecified atom stereocenters. The first-order chi connectivity index (χ1) is 9.41. The molecule has 0 radical (unpaired) electrons. The third-order valence-corrected chi connectivity index (χ3v) is 4.04. The van der Waals surface area contributed by atoms with E-state index in [2.05, 4.69) is 0 Å². The summed E-state index contributed by atoms with van der Waals surface area (Å²) in [5.41, 5.74) is 9.21. The van der Waals surface area contributed by atoms with Gasteiger partial charge in [-0.2, -0.15) is 0 Å². The van der Waals surface area contributed by atoms with E-state index in [9.17, 15) is 9.59 Å². The van der Waals surface area contributed by atoms with Crippen molar-refractivity contribution in [3.63, 3.8) is 0 Å². The molecule has 0 saturated heterocycles. The van der Waals surface area contributed by atoms with Gasteiger partial charge in [0.2, 0.25) is 0 Å². The van der Waals surface area contributed by atoms with E-state index in [-0.39, 0.29) is 22.2 Å². The van der Waals surface area contributed by atoms with E-state index in [0.717, 1.165) is 5.56 Å². The summed E-state index contributed by atoms with van der Waals surface area (Å²) in [5.74, 6) is -0.422. The van der Waals surface area contributed by atoms with Crippen molar-refractivity contribution in [1.29, 1.82) is 0 Å². The molecule has 100 valence electrons. The fourth-order valence-corrected chi connectivity index (χ4v) is 2.85. The van der Waals surface area contributed by atoms with Crippen LogP contribution < -0.4 is 5.73 Å². The molecule has 20 heavy (non-hydrogen) atoms. The van der Waals surface area contributed by atoms with Crippen molar-refractivity contribution in [2.24, 2.45) is 0 Å². The van der Waals surface area contributed by atoms with Crippen LogP contribution in [-0.2, 0) is 0 Å². The second-order valence-corrected chi connectivity index (χ2v) is 5.43. The van der Waals surface area contributed by atoms with Crippen molar-refractivity contribution < 1.29 is 9.59 Å². The van der Waals surface area contributed by atoms with Gasteiger partial charge in [-0.3, -0.25) is 9.59 Å². The van der Waals surface area contributed by atoms with Crippen LogP contribution in [0.1, 0.15) is 43.0 Å². The number of ketones is 2. The molecule has 2 aromatic carbocycles. The van der Waals surface area contributed by atoms with Crippen LogP contribution >= 0.6 is 11.6 Å². The average molecular weight is 286 g/mol. The topological polar surface area (TPSA) is 60.2 Å². The Morgan fingerprint density at radius 2 is 1.65 bits per heavy atom. The number of aryl methyl sites for hydroxylation is 2. The molecule has 4 heteroatoms. The zero-order valence-electron chi connectivity index (χ0n) is 11.1. The Morgan fingerprint density at radius 1 is 0.950 bits per heavy atom. The minimum Gasteiger partial charge on any atom is -0.397 e. The lowest BCUT2D eigenvalue weighted by Crippen LogP contribution is -2.22. The number of hydrogen-bond donors (Lipinski definition) is 1. The molecule has 0 aliphatic heterocycles. The second-order valence-electron chi connectivity index (χ2n) is 5.05. The minimum absolute atomic E-state index is 0.172. The molecular weight excluding hydrogens is 274 g/mol. The van der Waals surface area contributed by atoms with Crippen LogP contribution in [0.25, 0.3) is 0 Å². The molecular formula is C16H12ClNO2. The van der Waals surface area contributed by atoms with Crippen molar-refractivity contribution in [1.82, 2.24) is 0 Å². The number of nitrogen functional groups attached to an aromatic ring is 1. The highest BCUT2D eigenvalue weighted by Crippen LogP contribution is 2.36. The van der Waals surface area contributed by atoms with Crippen LogP contribution in [-0.4, -0.2) is 11.6 Å². The molecule has 0 heterocycles. The lowest BCUT2D eigenvalue weighted by atomic mass is 9.82. The molecule has 3 rings (SSSR count). The van der Waals surface area contributed by atoms with E-state index in [1.807, 2.05) is 13.0 Å². The maximum absolute atomic E-state index is 12.6. The Morgan fingerprint density at radius 3 is 2.35 bits per heavy atom. The van der Waals surface area contributed by atoms with Gasteiger partial charge < -0.3 is 5.73 Å². The zero-order chi connectivity index (χ0) is 14.6. The molecule has 0 saturated carbocycles. The molecule has 0 atom stereocenters. The van der Waals surface area contributed by atoms with E-state index in [1.165, 1.54) is 0 Å². The van der Waals surface area contributed by atoms with Crippen molar-refractivity contribution in [2.75, 3.05) is 5.73 Å². The predicted molar refractivity (Wildman–Crippen MR) is 78.6 cm³/mol. The summed E-state index contributed by atoms with van der Waals surface area (Å²) in [6, 6.07) is 6.86. The van der Waals surface area contributed by atoms with E-state index in [4.69, 9.17) is 17.3 Å². The Balaban J connectivity index is 2.38. The number of hydrogen-bond acceptors (Lipinski definition) is 3. The van der Waals surface area contributed by atoms with Crippen molar-refractivity contribution in [2.45, 2.75) is 13.8 Å². The SMILES string of the molecule is Cc1ccc2c(c1)C(=O)c1c(cc(C)c(N)c1Cl)C2=O. The van der Waals surface area contributed by atoms with Crippen LogP contribution in [0.3, 0.4) is 0 Å². The Hall–Kier alpha value is -2.13. The molecule has 0 spiro atoms. The summed E-state index contributed by atoms with van der Waals surface area (Å²) in [6.45, 7) is 3.64. The van der Waals surface area contributed by atoms with Crippen LogP contribution in [0, 0.1) is 13.8 Å². The van der Waals surface area contributed by atoms with E-state index in [1.54, 1.807) is 25.1 Å². The van der Waals surface area contributed by atoms with E-state index in [0.29, 0.717) is 27.9 Å². The molecule has 0 bridgehead atoms. The summed E-state index contributed by atoms with van der Waals surface area (Å²) in [7, 11) is 0. The van der Waals surface area contributed by atoms with Crippen molar-refractivity contribution >= 4 is 28.9 Å². The van der Waals surface area contributed by atoms with E-state index < -0.39 is 0 Å². The Kier molecular flexibility index (Phi) is 2.69. The number of anilines is 1. The average Bonchev–Trinajstić information content (AvgIpc) is 2.41. The highest BCUT2D eigenvalue weighted by Gasteiger charge is 2.32. The number of nitrogens with two attached hydrogens (primary N) is 1. The summed E-state index contributed by atoms with van der Waals surface area (Å²) in [4.78, 5) is 25.1. The largest absolute Gasteiger partial charge is 0.397 e. The van der Waals surface area contributed by atoms with Gasteiger partial charge in [0, 0.05) is 16.7 Å². The van der Waals surface area contributed by atoms with Gasteiger partial charge in [0.05, 0.1) is 16.3 Å². The standard InChI is InChI=1S/C16H12ClNO2/c1-7-3-4-9-10(5-7)16(20)12-11(15(9)19)6-8(2)14(18)13(12)17/h3-6H,18H2,1-2H3. The Labute approximate surface area is 121 Å². The van der Waals surface area contributed by atoms with Gasteiger partial charge >= 0.3 is 0 Å². The molecule has 2 N–H and O–H groups in total. The normalized spacial score (nSPS) is 13.2. The van der Waals surface area contributed by atoms with Gasteiger partial charge in [-0.1, -0.05) is 29.3 Å². The first-order valence-corrected chi connectivity index (χ1v) is 6.58. The molecule has 1 aliphatic carbocycles. The summed E-state index contributed by atoms with van der Waals surface area (Å²) >= 11 is 6.18. The third kappa shape index (κ3) is 1.60. The minimum atomic E-state index is -0.241. The van der Waals surface area contributed by atoms with Gasteiger partial charge in [0.25, 0.3) is 0 Å². The molecule has 0 amide bonds. The van der Waals surface area contributed by atoms with E-state index >= 15 is 0 Å². The lowest BCUT2D eigenvalue weighted by molar-refractivity contribution is 0.0979. The zero-order valence-corrected chi connectivity index (χ0v) is 11.8. The maximum Gasteiger partial charge on any atom is 0.196 e. The van der Waals surface area contributed by atoms with Crippen LogP contribution in [0.15, 0.2) is 24.3 Å². The highest BCUT2D eigenvalue weighted by atomic mass is 35.5. The Bertz CT molecular complexity index is 794. The quantitative estimate of drug-likeness (QED) is 0.645. The third-order valence-electron chi connectivity index (χ3n) is 3.65. The lowest BCUT2D eigenvalue weighted by Gasteiger charge is -2.20. The van der Waals surface area contributed by atoms with Crippen LogP contribution in [0.2, 0.25) is 5.02 Å². The fourth-order valence-electron chi connectivity index (χ4n) is 2.52. The van der Waals surface area contributed by atoms with Gasteiger partial charge in [-0.25, -0.2) is 0 Å². The predicted octanol–water partition coefficient (Wildman–Crippen LogP) is 3.31. The maximum atomic E-state index is 12.6. The first kappa shape index (κ1) is 12.9. The monoisotopic (exact) mass is 285 g/mol. The number of benzene rings is 2. The second kappa shape index (κ2) is 4.18. The van der Waals surface area contributed by atoms with Gasteiger partial charge in [-0.05, 0) is 31.5 Å². The fraction of sp³-hybridized carbons (Fsp3) is 0.125. The molecule has 3 nitrogen and oxygen atoms in total. The smallest absolute Gasteiger partial charge is 0.196 e. The summed E-state index contributed by atoms with van der Waals surface area (Å²) in [5, 5.41) is 0.172.